The molecule has 1 N–H and O–H groups in total. The number of amides is 2. The molecular weight excluding hydrogens is 288 g/mol. The van der Waals surface area contributed by atoms with Gasteiger partial charge in [-0.1, -0.05) is 43.4 Å². The van der Waals surface area contributed by atoms with Crippen LogP contribution in [0.15, 0.2) is 24.3 Å². The second-order valence-corrected chi connectivity index (χ2v) is 6.94. The minimum Gasteiger partial charge on any atom is -0.353 e. The lowest BCUT2D eigenvalue weighted by molar-refractivity contribution is -0.127. The highest BCUT2D eigenvalue weighted by atomic mass is 16.2. The van der Waals surface area contributed by atoms with Crippen molar-refractivity contribution >= 4 is 17.5 Å². The molecule has 0 spiro atoms. The monoisotopic (exact) mass is 314 g/mol. The van der Waals surface area contributed by atoms with Crippen LogP contribution in [0.1, 0.15) is 50.5 Å². The van der Waals surface area contributed by atoms with Gasteiger partial charge in [-0.05, 0) is 31.9 Å². The van der Waals surface area contributed by atoms with Crippen molar-refractivity contribution in [1.82, 2.24) is 5.32 Å². The van der Waals surface area contributed by atoms with E-state index in [0.29, 0.717) is 19.0 Å². The van der Waals surface area contributed by atoms with Crippen LogP contribution >= 0.6 is 0 Å². The van der Waals surface area contributed by atoms with Crippen LogP contribution in [0.2, 0.25) is 0 Å². The summed E-state index contributed by atoms with van der Waals surface area (Å²) in [6.07, 6.45) is 7.42. The first-order valence-corrected chi connectivity index (χ1v) is 8.81. The highest BCUT2D eigenvalue weighted by Crippen LogP contribution is 2.26. The molecule has 2 fully saturated rings. The quantitative estimate of drug-likeness (QED) is 0.871. The average molecular weight is 314 g/mol. The van der Waals surface area contributed by atoms with Crippen molar-refractivity contribution in [2.45, 2.75) is 57.9 Å². The lowest BCUT2D eigenvalue weighted by Crippen LogP contribution is -2.39. The normalized spacial score (nSPS) is 22.9. The van der Waals surface area contributed by atoms with E-state index in [0.717, 1.165) is 18.5 Å². The molecule has 1 aromatic carbocycles. The summed E-state index contributed by atoms with van der Waals surface area (Å²) >= 11 is 0. The number of benzene rings is 1. The highest BCUT2D eigenvalue weighted by Gasteiger charge is 2.35. The minimum absolute atomic E-state index is 0.0508. The fraction of sp³-hybridized carbons (Fsp3) is 0.579. The van der Waals surface area contributed by atoms with Gasteiger partial charge in [0, 0.05) is 24.7 Å². The van der Waals surface area contributed by atoms with Crippen LogP contribution in [0.3, 0.4) is 0 Å². The smallest absolute Gasteiger partial charge is 0.227 e. The van der Waals surface area contributed by atoms with Gasteiger partial charge in [0.2, 0.25) is 11.8 Å². The summed E-state index contributed by atoms with van der Waals surface area (Å²) in [6, 6.07) is 8.22. The number of nitrogens with one attached hydrogen (secondary N) is 1. The second kappa shape index (κ2) is 7.16. The molecule has 1 unspecified atom stereocenters. The Balaban J connectivity index is 1.60. The largest absolute Gasteiger partial charge is 0.353 e. The van der Waals surface area contributed by atoms with E-state index >= 15 is 0 Å². The molecule has 1 aliphatic carbocycles. The Hall–Kier alpha value is -1.84. The second-order valence-electron chi connectivity index (χ2n) is 6.94. The van der Waals surface area contributed by atoms with Crippen molar-refractivity contribution in [3.63, 3.8) is 0 Å². The van der Waals surface area contributed by atoms with E-state index in [9.17, 15) is 9.59 Å². The maximum absolute atomic E-state index is 12.5. The number of aryl methyl sites for hydroxylation is 1. The van der Waals surface area contributed by atoms with Gasteiger partial charge in [-0.15, -0.1) is 0 Å². The number of hydrogen-bond acceptors (Lipinski definition) is 2. The summed E-state index contributed by atoms with van der Waals surface area (Å²) in [5.74, 6) is -0.109. The van der Waals surface area contributed by atoms with Crippen LogP contribution in [0.5, 0.6) is 0 Å². The molecule has 23 heavy (non-hydrogen) atoms. The number of carbonyl (C=O) groups is 2. The third-order valence-corrected chi connectivity index (χ3v) is 5.04. The van der Waals surface area contributed by atoms with Crippen molar-refractivity contribution in [3.05, 3.63) is 29.8 Å². The van der Waals surface area contributed by atoms with E-state index in [4.69, 9.17) is 0 Å². The molecule has 4 heteroatoms. The Kier molecular flexibility index (Phi) is 4.99. The fourth-order valence-electron chi connectivity index (χ4n) is 3.60. The summed E-state index contributed by atoms with van der Waals surface area (Å²) in [5.41, 5.74) is 2.06. The van der Waals surface area contributed by atoms with E-state index < -0.39 is 0 Å². The van der Waals surface area contributed by atoms with Crippen LogP contribution in [-0.4, -0.2) is 24.4 Å². The summed E-state index contributed by atoms with van der Waals surface area (Å²) < 4.78 is 0. The van der Waals surface area contributed by atoms with Gasteiger partial charge in [0.05, 0.1) is 5.92 Å². The lowest BCUT2D eigenvalue weighted by Gasteiger charge is -2.20. The summed E-state index contributed by atoms with van der Waals surface area (Å²) in [7, 11) is 0. The van der Waals surface area contributed by atoms with Crippen molar-refractivity contribution in [3.8, 4) is 0 Å². The van der Waals surface area contributed by atoms with Crippen LogP contribution in [-0.2, 0) is 9.59 Å². The number of carbonyl (C=O) groups excluding carboxylic acids is 2. The molecule has 124 valence electrons. The SMILES string of the molecule is Cc1ccc(N2CC(C(=O)NC3CCCCCC3)CC2=O)cc1. The first-order valence-electron chi connectivity index (χ1n) is 8.81. The maximum Gasteiger partial charge on any atom is 0.227 e. The standard InChI is InChI=1S/C19H26N2O2/c1-14-8-10-17(11-9-14)21-13-15(12-18(21)22)19(23)20-16-6-4-2-3-5-7-16/h8-11,15-16H,2-7,12-13H2,1H3,(H,20,23). The molecule has 0 bridgehead atoms. The Morgan fingerprint density at radius 1 is 1.09 bits per heavy atom. The molecule has 1 aliphatic heterocycles. The first-order chi connectivity index (χ1) is 11.1. The van der Waals surface area contributed by atoms with E-state index in [1.54, 1.807) is 4.90 Å². The molecule has 0 aromatic heterocycles. The lowest BCUT2D eigenvalue weighted by atomic mass is 10.0. The van der Waals surface area contributed by atoms with Crippen molar-refractivity contribution in [2.75, 3.05) is 11.4 Å². The zero-order valence-corrected chi connectivity index (χ0v) is 13.9. The Bertz CT molecular complexity index is 559. The zero-order valence-electron chi connectivity index (χ0n) is 13.9. The molecule has 2 amide bonds. The van der Waals surface area contributed by atoms with Gasteiger partial charge in [0.25, 0.3) is 0 Å². The molecule has 2 aliphatic rings. The van der Waals surface area contributed by atoms with Gasteiger partial charge in [-0.3, -0.25) is 9.59 Å². The molecule has 1 saturated carbocycles. The Morgan fingerprint density at radius 3 is 2.39 bits per heavy atom. The van der Waals surface area contributed by atoms with Crippen LogP contribution in [0, 0.1) is 12.8 Å². The average Bonchev–Trinajstić information content (AvgIpc) is 2.76. The molecule has 1 heterocycles. The van der Waals surface area contributed by atoms with Gasteiger partial charge >= 0.3 is 0 Å². The molecule has 3 rings (SSSR count). The summed E-state index contributed by atoms with van der Waals surface area (Å²) in [5, 5.41) is 3.18. The van der Waals surface area contributed by atoms with Gasteiger partial charge in [-0.25, -0.2) is 0 Å². The minimum atomic E-state index is -0.216. The molecule has 1 saturated heterocycles. The van der Waals surface area contributed by atoms with Gasteiger partial charge in [0.15, 0.2) is 0 Å². The Labute approximate surface area is 138 Å². The van der Waals surface area contributed by atoms with Crippen molar-refractivity contribution < 1.29 is 9.59 Å². The fourth-order valence-corrected chi connectivity index (χ4v) is 3.60. The van der Waals surface area contributed by atoms with Crippen molar-refractivity contribution in [1.29, 1.82) is 0 Å². The molecule has 1 atom stereocenters. The van der Waals surface area contributed by atoms with Crippen molar-refractivity contribution in [2.24, 2.45) is 5.92 Å². The van der Waals surface area contributed by atoms with Gasteiger partial charge < -0.3 is 10.2 Å². The summed E-state index contributed by atoms with van der Waals surface area (Å²) in [6.45, 7) is 2.53. The molecule has 4 nitrogen and oxygen atoms in total. The topological polar surface area (TPSA) is 49.4 Å². The van der Waals surface area contributed by atoms with Crippen LogP contribution < -0.4 is 10.2 Å². The number of rotatable bonds is 3. The summed E-state index contributed by atoms with van der Waals surface area (Å²) in [4.78, 5) is 26.5. The van der Waals surface area contributed by atoms with E-state index in [1.165, 1.54) is 31.2 Å². The predicted octanol–water partition coefficient (Wildman–Crippen LogP) is 3.19. The number of nitrogens with zero attached hydrogens (tertiary/aromatic N) is 1. The molecule has 0 radical (unpaired) electrons. The van der Waals surface area contributed by atoms with Crippen LogP contribution in [0.25, 0.3) is 0 Å². The van der Waals surface area contributed by atoms with Gasteiger partial charge in [0.1, 0.15) is 0 Å². The first kappa shape index (κ1) is 16.0. The predicted molar refractivity (Wildman–Crippen MR) is 91.3 cm³/mol. The van der Waals surface area contributed by atoms with Crippen LogP contribution in [0.4, 0.5) is 5.69 Å². The Morgan fingerprint density at radius 2 is 1.74 bits per heavy atom. The zero-order chi connectivity index (χ0) is 16.2. The van der Waals surface area contributed by atoms with Gasteiger partial charge in [-0.2, -0.15) is 0 Å². The molecule has 1 aromatic rings. The van der Waals surface area contributed by atoms with E-state index in [2.05, 4.69) is 5.32 Å². The number of hydrogen-bond donors (Lipinski definition) is 1. The number of anilines is 1. The maximum atomic E-state index is 12.5. The molecular formula is C19H26N2O2. The van der Waals surface area contributed by atoms with E-state index in [-0.39, 0.29) is 17.7 Å². The highest BCUT2D eigenvalue weighted by molar-refractivity contribution is 6.00. The third kappa shape index (κ3) is 3.92. The van der Waals surface area contributed by atoms with E-state index in [1.807, 2.05) is 31.2 Å². The third-order valence-electron chi connectivity index (χ3n) is 5.04.